The lowest BCUT2D eigenvalue weighted by atomic mass is 10.1. The number of hydrogen-bond donors (Lipinski definition) is 1. The van der Waals surface area contributed by atoms with E-state index in [-0.39, 0.29) is 0 Å². The number of nitrogens with one attached hydrogen (secondary N) is 1. The molecule has 0 amide bonds. The average Bonchev–Trinajstić information content (AvgIpc) is 3.00. The van der Waals surface area contributed by atoms with E-state index in [0.29, 0.717) is 27.9 Å². The first kappa shape index (κ1) is 14.1. The molecule has 0 aliphatic heterocycles. The zero-order valence-corrected chi connectivity index (χ0v) is 12.4. The molecular weight excluding hydrogens is 300 g/mol. The maximum absolute atomic E-state index is 9.02. The van der Waals surface area contributed by atoms with Gasteiger partial charge in [0.15, 0.2) is 5.69 Å². The van der Waals surface area contributed by atoms with Gasteiger partial charge in [0, 0.05) is 10.6 Å². The van der Waals surface area contributed by atoms with Crippen LogP contribution in [0.15, 0.2) is 42.5 Å². The summed E-state index contributed by atoms with van der Waals surface area (Å²) in [5.41, 5.74) is 2.52. The SMILES string of the molecule is Cc1cc(Oc2cccc(-c3nn[nH]c3C#N)c2)ccc1Cl. The normalized spacial score (nSPS) is 10.2. The highest BCUT2D eigenvalue weighted by atomic mass is 35.5. The Morgan fingerprint density at radius 2 is 2.00 bits per heavy atom. The van der Waals surface area contributed by atoms with Crippen molar-refractivity contribution in [2.24, 2.45) is 0 Å². The van der Waals surface area contributed by atoms with Gasteiger partial charge in [-0.2, -0.15) is 5.26 Å². The van der Waals surface area contributed by atoms with Crippen molar-refractivity contribution in [3.63, 3.8) is 0 Å². The summed E-state index contributed by atoms with van der Waals surface area (Å²) < 4.78 is 5.83. The Labute approximate surface area is 132 Å². The summed E-state index contributed by atoms with van der Waals surface area (Å²) in [5.74, 6) is 1.34. The van der Waals surface area contributed by atoms with Gasteiger partial charge < -0.3 is 4.74 Å². The molecule has 108 valence electrons. The van der Waals surface area contributed by atoms with Crippen LogP contribution in [0.3, 0.4) is 0 Å². The van der Waals surface area contributed by atoms with Crippen molar-refractivity contribution < 1.29 is 4.74 Å². The van der Waals surface area contributed by atoms with Crippen LogP contribution < -0.4 is 4.74 Å². The van der Waals surface area contributed by atoms with E-state index in [9.17, 15) is 0 Å². The van der Waals surface area contributed by atoms with E-state index in [4.69, 9.17) is 21.6 Å². The average molecular weight is 311 g/mol. The Balaban J connectivity index is 1.91. The predicted molar refractivity (Wildman–Crippen MR) is 82.8 cm³/mol. The molecule has 0 saturated carbocycles. The molecule has 1 heterocycles. The minimum Gasteiger partial charge on any atom is -0.457 e. The number of H-pyrrole nitrogens is 1. The molecule has 0 bridgehead atoms. The Kier molecular flexibility index (Phi) is 3.77. The second kappa shape index (κ2) is 5.88. The fourth-order valence-corrected chi connectivity index (χ4v) is 2.15. The standard InChI is InChI=1S/C16H11ClN4O/c1-10-7-13(5-6-14(10)17)22-12-4-2-3-11(8-12)16-15(9-18)19-21-20-16/h2-8H,1H3,(H,19,20,21). The summed E-state index contributed by atoms with van der Waals surface area (Å²) in [6.07, 6.45) is 0. The molecule has 6 heteroatoms. The highest BCUT2D eigenvalue weighted by Crippen LogP contribution is 2.29. The highest BCUT2D eigenvalue weighted by Gasteiger charge is 2.10. The molecule has 0 radical (unpaired) electrons. The Hall–Kier alpha value is -2.84. The van der Waals surface area contributed by atoms with Gasteiger partial charge in [0.2, 0.25) is 0 Å². The Bertz CT molecular complexity index is 867. The van der Waals surface area contributed by atoms with E-state index in [2.05, 4.69) is 15.4 Å². The van der Waals surface area contributed by atoms with E-state index in [1.165, 1.54) is 0 Å². The van der Waals surface area contributed by atoms with Crippen LogP contribution in [0, 0.1) is 18.3 Å². The Morgan fingerprint density at radius 3 is 2.77 bits per heavy atom. The number of aromatic amines is 1. The van der Waals surface area contributed by atoms with Crippen LogP contribution in [0.5, 0.6) is 11.5 Å². The first-order chi connectivity index (χ1) is 10.7. The molecule has 1 N–H and O–H groups in total. The van der Waals surface area contributed by atoms with Crippen molar-refractivity contribution in [3.05, 3.63) is 58.7 Å². The van der Waals surface area contributed by atoms with Gasteiger partial charge in [-0.05, 0) is 42.8 Å². The maximum atomic E-state index is 9.02. The number of benzene rings is 2. The van der Waals surface area contributed by atoms with E-state index in [1.54, 1.807) is 12.1 Å². The number of nitrogens with zero attached hydrogens (tertiary/aromatic N) is 3. The number of ether oxygens (including phenoxy) is 1. The van der Waals surface area contributed by atoms with Crippen LogP contribution in [0.2, 0.25) is 5.02 Å². The van der Waals surface area contributed by atoms with E-state index >= 15 is 0 Å². The summed E-state index contributed by atoms with van der Waals surface area (Å²) in [5, 5.41) is 19.9. The Morgan fingerprint density at radius 1 is 1.18 bits per heavy atom. The predicted octanol–water partition coefficient (Wildman–Crippen LogP) is 4.10. The fraction of sp³-hybridized carbons (Fsp3) is 0.0625. The van der Waals surface area contributed by atoms with Crippen LogP contribution in [0.25, 0.3) is 11.3 Å². The molecule has 2 aromatic carbocycles. The van der Waals surface area contributed by atoms with Crippen LogP contribution >= 0.6 is 11.6 Å². The van der Waals surface area contributed by atoms with Gasteiger partial charge in [-0.25, -0.2) is 5.10 Å². The van der Waals surface area contributed by atoms with Gasteiger partial charge in [-0.3, -0.25) is 0 Å². The quantitative estimate of drug-likeness (QED) is 0.790. The lowest BCUT2D eigenvalue weighted by molar-refractivity contribution is 0.482. The van der Waals surface area contributed by atoms with Gasteiger partial charge in [0.25, 0.3) is 0 Å². The van der Waals surface area contributed by atoms with Gasteiger partial charge in [-0.15, -0.1) is 5.10 Å². The number of halogens is 1. The van der Waals surface area contributed by atoms with Crippen molar-refractivity contribution in [1.29, 1.82) is 5.26 Å². The topological polar surface area (TPSA) is 74.6 Å². The number of hydrogen-bond acceptors (Lipinski definition) is 4. The molecule has 0 unspecified atom stereocenters. The van der Waals surface area contributed by atoms with Crippen molar-refractivity contribution in [2.45, 2.75) is 6.92 Å². The van der Waals surface area contributed by atoms with E-state index in [0.717, 1.165) is 11.1 Å². The van der Waals surface area contributed by atoms with Crippen LogP contribution in [0.4, 0.5) is 0 Å². The van der Waals surface area contributed by atoms with Gasteiger partial charge in [-0.1, -0.05) is 28.9 Å². The number of nitriles is 1. The molecule has 3 rings (SSSR count). The highest BCUT2D eigenvalue weighted by molar-refractivity contribution is 6.31. The summed E-state index contributed by atoms with van der Waals surface area (Å²) in [6.45, 7) is 1.92. The van der Waals surface area contributed by atoms with Gasteiger partial charge in [0.1, 0.15) is 23.3 Å². The maximum Gasteiger partial charge on any atom is 0.163 e. The number of aryl methyl sites for hydroxylation is 1. The second-order valence-electron chi connectivity index (χ2n) is 4.69. The molecule has 5 nitrogen and oxygen atoms in total. The zero-order valence-electron chi connectivity index (χ0n) is 11.7. The summed E-state index contributed by atoms with van der Waals surface area (Å²) in [6, 6.07) is 14.8. The van der Waals surface area contributed by atoms with Crippen LogP contribution in [-0.2, 0) is 0 Å². The number of rotatable bonds is 3. The van der Waals surface area contributed by atoms with Crippen LogP contribution in [0.1, 0.15) is 11.3 Å². The molecule has 22 heavy (non-hydrogen) atoms. The molecule has 0 saturated heterocycles. The van der Waals surface area contributed by atoms with Crippen molar-refractivity contribution in [3.8, 4) is 28.8 Å². The monoisotopic (exact) mass is 310 g/mol. The van der Waals surface area contributed by atoms with Crippen molar-refractivity contribution in [2.75, 3.05) is 0 Å². The zero-order chi connectivity index (χ0) is 15.5. The third kappa shape index (κ3) is 2.78. The minimum absolute atomic E-state index is 0.319. The first-order valence-corrected chi connectivity index (χ1v) is 6.91. The van der Waals surface area contributed by atoms with Gasteiger partial charge in [0.05, 0.1) is 0 Å². The number of aromatic nitrogens is 3. The van der Waals surface area contributed by atoms with Crippen molar-refractivity contribution >= 4 is 11.6 Å². The molecular formula is C16H11ClN4O. The molecule has 0 aliphatic carbocycles. The lowest BCUT2D eigenvalue weighted by Crippen LogP contribution is -1.88. The van der Waals surface area contributed by atoms with E-state index < -0.39 is 0 Å². The van der Waals surface area contributed by atoms with Crippen LogP contribution in [-0.4, -0.2) is 15.4 Å². The summed E-state index contributed by atoms with van der Waals surface area (Å²) >= 11 is 6.00. The molecule has 0 aliphatic rings. The summed E-state index contributed by atoms with van der Waals surface area (Å²) in [4.78, 5) is 0. The summed E-state index contributed by atoms with van der Waals surface area (Å²) in [7, 11) is 0. The third-order valence-electron chi connectivity index (χ3n) is 3.13. The largest absolute Gasteiger partial charge is 0.457 e. The molecule has 3 aromatic rings. The molecule has 1 aromatic heterocycles. The van der Waals surface area contributed by atoms with Crippen molar-refractivity contribution in [1.82, 2.24) is 15.4 Å². The smallest absolute Gasteiger partial charge is 0.163 e. The van der Waals surface area contributed by atoms with Gasteiger partial charge >= 0.3 is 0 Å². The van der Waals surface area contributed by atoms with E-state index in [1.807, 2.05) is 43.3 Å². The minimum atomic E-state index is 0.319. The fourth-order valence-electron chi connectivity index (χ4n) is 2.03. The molecule has 0 atom stereocenters. The first-order valence-electron chi connectivity index (χ1n) is 6.53. The third-order valence-corrected chi connectivity index (χ3v) is 3.56. The molecule has 0 fully saturated rings. The second-order valence-corrected chi connectivity index (χ2v) is 5.10. The molecule has 0 spiro atoms. The lowest BCUT2D eigenvalue weighted by Gasteiger charge is -2.08.